The second kappa shape index (κ2) is 8.31. The minimum absolute atomic E-state index is 0.0587. The number of benzene rings is 1. The molecule has 13 heteroatoms. The Bertz CT molecular complexity index is 1400. The minimum Gasteiger partial charge on any atom is -0.433 e. The molecule has 0 spiro atoms. The first-order chi connectivity index (χ1) is 15.9. The number of piperazine rings is 1. The highest BCUT2D eigenvalue weighted by Crippen LogP contribution is 2.30. The summed E-state index contributed by atoms with van der Waals surface area (Å²) in [6.45, 7) is 4.09. The second-order valence-corrected chi connectivity index (χ2v) is 8.17. The van der Waals surface area contributed by atoms with E-state index >= 15 is 0 Å². The summed E-state index contributed by atoms with van der Waals surface area (Å²) < 4.78 is 47.2. The summed E-state index contributed by atoms with van der Waals surface area (Å²) in [5.41, 5.74) is 1.12. The first kappa shape index (κ1) is 23.5. The molecule has 10 nitrogen and oxygen atoms in total. The summed E-state index contributed by atoms with van der Waals surface area (Å²) in [5.74, 6) is -2.24. The molecule has 0 radical (unpaired) electrons. The van der Waals surface area contributed by atoms with Crippen LogP contribution in [-0.2, 0) is 23.6 Å². The fraction of sp³-hybridized carbons (Fsp3) is 0.429. The third kappa shape index (κ3) is 3.85. The maximum atomic E-state index is 13.2. The normalized spacial score (nSPS) is 16.8. The molecule has 3 aromatic rings. The van der Waals surface area contributed by atoms with Crippen LogP contribution in [0.15, 0.2) is 27.8 Å². The molecule has 1 fully saturated rings. The topological polar surface area (TPSA) is 103 Å². The molecule has 0 amide bonds. The van der Waals surface area contributed by atoms with Gasteiger partial charge in [0.15, 0.2) is 17.4 Å². The van der Waals surface area contributed by atoms with Crippen LogP contribution in [-0.4, -0.2) is 56.7 Å². The number of carbonyl (C=O) groups is 1. The molecule has 0 aliphatic carbocycles. The van der Waals surface area contributed by atoms with Crippen molar-refractivity contribution >= 4 is 23.1 Å². The predicted molar refractivity (Wildman–Crippen MR) is 117 cm³/mol. The molecule has 1 N–H and O–H groups in total. The fourth-order valence-electron chi connectivity index (χ4n) is 3.97. The number of esters is 1. The summed E-state index contributed by atoms with van der Waals surface area (Å²) in [6, 6.07) is 5.53. The van der Waals surface area contributed by atoms with Crippen molar-refractivity contribution in [2.75, 3.05) is 24.5 Å². The van der Waals surface area contributed by atoms with Crippen molar-refractivity contribution < 1.29 is 22.7 Å². The van der Waals surface area contributed by atoms with Crippen LogP contribution in [0.1, 0.15) is 11.1 Å². The number of halogens is 3. The highest BCUT2D eigenvalue weighted by molar-refractivity contribution is 5.79. The van der Waals surface area contributed by atoms with E-state index < -0.39 is 29.6 Å². The molecule has 34 heavy (non-hydrogen) atoms. The van der Waals surface area contributed by atoms with Gasteiger partial charge in [0, 0.05) is 27.2 Å². The van der Waals surface area contributed by atoms with E-state index in [-0.39, 0.29) is 30.2 Å². The zero-order valence-corrected chi connectivity index (χ0v) is 18.9. The largest absolute Gasteiger partial charge is 0.491 e. The Morgan fingerprint density at radius 3 is 2.56 bits per heavy atom. The maximum absolute atomic E-state index is 13.2. The van der Waals surface area contributed by atoms with Crippen LogP contribution in [0.2, 0.25) is 0 Å². The van der Waals surface area contributed by atoms with E-state index in [1.54, 1.807) is 0 Å². The van der Waals surface area contributed by atoms with Crippen molar-refractivity contribution in [3.05, 3.63) is 50.2 Å². The van der Waals surface area contributed by atoms with Gasteiger partial charge in [-0.1, -0.05) is 12.1 Å². The predicted octanol–water partition coefficient (Wildman–Crippen LogP) is 0.881. The lowest BCUT2D eigenvalue weighted by molar-refractivity contribution is -0.205. The Labute approximate surface area is 191 Å². The van der Waals surface area contributed by atoms with Crippen LogP contribution in [0.3, 0.4) is 0 Å². The van der Waals surface area contributed by atoms with E-state index in [1.165, 1.54) is 28.1 Å². The molecule has 4 rings (SSSR count). The standard InChI is InChI=1S/C21H23F3N6O4/c1-11-5-6-12(2)13(9-11)30-15-16(27(3)20(33)28(4)17(15)31)26-19(30)29-8-7-25-10-14(29)34-18(32)21(22,23)24/h5-6,9,14,25H,7-8,10H2,1-4H3. The van der Waals surface area contributed by atoms with E-state index in [2.05, 4.69) is 10.3 Å². The Kier molecular flexibility index (Phi) is 5.75. The van der Waals surface area contributed by atoms with Gasteiger partial charge in [-0.3, -0.25) is 18.5 Å². The third-order valence-corrected chi connectivity index (χ3v) is 5.77. The number of ether oxygens (including phenoxy) is 1. The zero-order chi connectivity index (χ0) is 24.9. The summed E-state index contributed by atoms with van der Waals surface area (Å²) in [7, 11) is 2.79. The number of hydrogen-bond donors (Lipinski definition) is 1. The SMILES string of the molecule is Cc1ccc(C)c(-n2c(N3CCNCC3OC(=O)C(F)(F)F)nc3c2c(=O)n(C)c(=O)n3C)c1. The van der Waals surface area contributed by atoms with E-state index in [9.17, 15) is 27.6 Å². The maximum Gasteiger partial charge on any atom is 0.491 e. The van der Waals surface area contributed by atoms with Gasteiger partial charge in [0.25, 0.3) is 5.56 Å². The number of alkyl halides is 3. The molecular formula is C21H23F3N6O4. The molecule has 182 valence electrons. The number of fused-ring (bicyclic) bond motifs is 1. The van der Waals surface area contributed by atoms with Gasteiger partial charge in [0.2, 0.25) is 5.95 Å². The lowest BCUT2D eigenvalue weighted by Gasteiger charge is -2.36. The average Bonchev–Trinajstić information content (AvgIpc) is 3.18. The van der Waals surface area contributed by atoms with Crippen molar-refractivity contribution in [3.8, 4) is 5.69 Å². The number of rotatable bonds is 3. The Morgan fingerprint density at radius 1 is 1.18 bits per heavy atom. The van der Waals surface area contributed by atoms with Crippen molar-refractivity contribution in [1.82, 2.24) is 24.0 Å². The van der Waals surface area contributed by atoms with Crippen LogP contribution in [0.4, 0.5) is 19.1 Å². The number of nitrogens with zero attached hydrogens (tertiary/aromatic N) is 5. The highest BCUT2D eigenvalue weighted by Gasteiger charge is 2.44. The smallest absolute Gasteiger partial charge is 0.433 e. The molecule has 1 aliphatic heterocycles. The molecule has 1 atom stereocenters. The summed E-state index contributed by atoms with van der Waals surface area (Å²) in [6.07, 6.45) is -6.51. The Balaban J connectivity index is 2.02. The Morgan fingerprint density at radius 2 is 1.88 bits per heavy atom. The number of imidazole rings is 1. The summed E-state index contributed by atoms with van der Waals surface area (Å²) in [5, 5.41) is 2.90. The molecule has 1 aromatic carbocycles. The third-order valence-electron chi connectivity index (χ3n) is 5.77. The van der Waals surface area contributed by atoms with Crippen molar-refractivity contribution in [3.63, 3.8) is 0 Å². The van der Waals surface area contributed by atoms with Crippen LogP contribution < -0.4 is 21.5 Å². The molecule has 2 aromatic heterocycles. The Hall–Kier alpha value is -3.61. The van der Waals surface area contributed by atoms with Crippen molar-refractivity contribution in [2.24, 2.45) is 14.1 Å². The van der Waals surface area contributed by atoms with Gasteiger partial charge >= 0.3 is 17.8 Å². The van der Waals surface area contributed by atoms with Crippen molar-refractivity contribution in [1.29, 1.82) is 0 Å². The number of hydrogen-bond acceptors (Lipinski definition) is 7. The lowest BCUT2D eigenvalue weighted by Crippen LogP contribution is -2.55. The molecule has 1 unspecified atom stereocenters. The fourth-order valence-corrected chi connectivity index (χ4v) is 3.97. The minimum atomic E-state index is -5.17. The molecular weight excluding hydrogens is 457 g/mol. The van der Waals surface area contributed by atoms with Crippen LogP contribution in [0.5, 0.6) is 0 Å². The lowest BCUT2D eigenvalue weighted by atomic mass is 10.1. The number of anilines is 1. The van der Waals surface area contributed by atoms with E-state index in [1.807, 2.05) is 32.0 Å². The first-order valence-electron chi connectivity index (χ1n) is 10.4. The van der Waals surface area contributed by atoms with Crippen LogP contribution in [0.25, 0.3) is 16.9 Å². The van der Waals surface area contributed by atoms with E-state index in [0.29, 0.717) is 12.2 Å². The molecule has 1 saturated heterocycles. The second-order valence-electron chi connectivity index (χ2n) is 8.17. The summed E-state index contributed by atoms with van der Waals surface area (Å²) in [4.78, 5) is 43.2. The van der Waals surface area contributed by atoms with Gasteiger partial charge in [-0.2, -0.15) is 18.2 Å². The number of aromatic nitrogens is 4. The molecule has 1 aliphatic rings. The van der Waals surface area contributed by atoms with Gasteiger partial charge in [-0.15, -0.1) is 0 Å². The van der Waals surface area contributed by atoms with Gasteiger partial charge in [-0.25, -0.2) is 9.59 Å². The zero-order valence-electron chi connectivity index (χ0n) is 18.9. The van der Waals surface area contributed by atoms with E-state index in [4.69, 9.17) is 4.74 Å². The first-order valence-corrected chi connectivity index (χ1v) is 10.4. The highest BCUT2D eigenvalue weighted by atomic mass is 19.4. The van der Waals surface area contributed by atoms with Gasteiger partial charge < -0.3 is 15.0 Å². The van der Waals surface area contributed by atoms with Crippen molar-refractivity contribution in [2.45, 2.75) is 26.3 Å². The molecule has 0 saturated carbocycles. The average molecular weight is 480 g/mol. The summed E-state index contributed by atoms with van der Waals surface area (Å²) >= 11 is 0. The monoisotopic (exact) mass is 480 g/mol. The van der Waals surface area contributed by atoms with Gasteiger partial charge in [0.1, 0.15) is 0 Å². The van der Waals surface area contributed by atoms with Crippen LogP contribution in [0, 0.1) is 13.8 Å². The molecule has 0 bridgehead atoms. The van der Waals surface area contributed by atoms with Gasteiger partial charge in [-0.05, 0) is 31.0 Å². The van der Waals surface area contributed by atoms with Gasteiger partial charge in [0.05, 0.1) is 12.2 Å². The molecule has 3 heterocycles. The van der Waals surface area contributed by atoms with Crippen LogP contribution >= 0.6 is 0 Å². The number of nitrogens with one attached hydrogen (secondary N) is 1. The quantitative estimate of drug-likeness (QED) is 0.555. The van der Waals surface area contributed by atoms with E-state index in [0.717, 1.165) is 15.7 Å². The number of aryl methyl sites for hydroxylation is 3. The number of carbonyl (C=O) groups excluding carboxylic acids is 1.